The zero-order valence-corrected chi connectivity index (χ0v) is 8.82. The highest BCUT2D eigenvalue weighted by Gasteiger charge is 2.20. The Labute approximate surface area is 92.3 Å². The van der Waals surface area contributed by atoms with Gasteiger partial charge >= 0.3 is 0 Å². The topological polar surface area (TPSA) is 51.1 Å². The average molecular weight is 216 g/mol. The summed E-state index contributed by atoms with van der Waals surface area (Å²) in [5.74, 6) is 0.0548. The minimum atomic E-state index is 0.0548. The zero-order chi connectivity index (χ0) is 11.1. The van der Waals surface area contributed by atoms with Crippen LogP contribution in [0.2, 0.25) is 0 Å². The van der Waals surface area contributed by atoms with Crippen LogP contribution in [-0.2, 0) is 22.6 Å². The van der Waals surface area contributed by atoms with Gasteiger partial charge in [0.25, 0.3) is 0 Å². The molecular weight excluding hydrogens is 204 g/mol. The number of nitrogens with zero attached hydrogens (tertiary/aromatic N) is 1. The van der Waals surface area contributed by atoms with Crippen LogP contribution in [0.25, 0.3) is 11.8 Å². The van der Waals surface area contributed by atoms with Gasteiger partial charge in [0.2, 0.25) is 5.91 Å². The molecule has 4 nitrogen and oxygen atoms in total. The fourth-order valence-corrected chi connectivity index (χ4v) is 2.55. The monoisotopic (exact) mass is 216 g/mol. The molecule has 4 heteroatoms. The molecule has 1 aromatic heterocycles. The Morgan fingerprint density at radius 2 is 2.38 bits per heavy atom. The van der Waals surface area contributed by atoms with Gasteiger partial charge in [-0.15, -0.1) is 0 Å². The summed E-state index contributed by atoms with van der Waals surface area (Å²) in [6, 6.07) is 0. The van der Waals surface area contributed by atoms with E-state index in [2.05, 4.69) is 11.4 Å². The van der Waals surface area contributed by atoms with Crippen LogP contribution in [0.3, 0.4) is 0 Å². The third kappa shape index (κ3) is 1.23. The van der Waals surface area contributed by atoms with Gasteiger partial charge in [0.1, 0.15) is 6.29 Å². The highest BCUT2D eigenvalue weighted by atomic mass is 16.1. The molecule has 1 amide bonds. The number of carbonyl (C=O) groups is 2. The molecule has 0 radical (unpaired) electrons. The number of hydrogen-bond donors (Lipinski definition) is 1. The predicted molar refractivity (Wildman–Crippen MR) is 58.7 cm³/mol. The summed E-state index contributed by atoms with van der Waals surface area (Å²) in [6.07, 6.45) is 7.19. The van der Waals surface area contributed by atoms with Crippen molar-refractivity contribution < 1.29 is 9.59 Å². The molecule has 0 unspecified atom stereocenters. The van der Waals surface area contributed by atoms with Crippen molar-refractivity contribution in [3.63, 3.8) is 0 Å². The molecule has 1 aromatic rings. The largest absolute Gasteiger partial charge is 0.340 e. The van der Waals surface area contributed by atoms with Crippen LogP contribution in [0.15, 0.2) is 6.20 Å². The SMILES string of the molecule is O=CCn1cc2c3c1=CCCC=3NC(=O)C2. The summed E-state index contributed by atoms with van der Waals surface area (Å²) >= 11 is 0. The molecule has 2 heterocycles. The smallest absolute Gasteiger partial charge is 0.228 e. The van der Waals surface area contributed by atoms with Crippen LogP contribution in [-0.4, -0.2) is 16.8 Å². The lowest BCUT2D eigenvalue weighted by Gasteiger charge is -2.16. The van der Waals surface area contributed by atoms with Gasteiger partial charge in [0.05, 0.1) is 13.0 Å². The minimum Gasteiger partial charge on any atom is -0.340 e. The molecule has 0 bridgehead atoms. The van der Waals surface area contributed by atoms with E-state index in [-0.39, 0.29) is 5.91 Å². The Kier molecular flexibility index (Phi) is 1.96. The van der Waals surface area contributed by atoms with E-state index in [1.807, 2.05) is 10.8 Å². The maximum absolute atomic E-state index is 11.5. The molecule has 16 heavy (non-hydrogen) atoms. The lowest BCUT2D eigenvalue weighted by atomic mass is 10.0. The Balaban J connectivity index is 2.32. The third-order valence-corrected chi connectivity index (χ3v) is 3.14. The standard InChI is InChI=1S/C12H12N2O2/c15-5-4-14-7-8-6-11(16)13-9-2-1-3-10(14)12(8)9/h3,5,7H,1-2,4,6H2,(H,13,16). The van der Waals surface area contributed by atoms with Crippen molar-refractivity contribution in [3.8, 4) is 0 Å². The first-order valence-electron chi connectivity index (χ1n) is 5.44. The van der Waals surface area contributed by atoms with Crippen molar-refractivity contribution >= 4 is 24.0 Å². The van der Waals surface area contributed by atoms with Crippen LogP contribution < -0.4 is 15.9 Å². The molecule has 0 aromatic carbocycles. The van der Waals surface area contributed by atoms with E-state index >= 15 is 0 Å². The van der Waals surface area contributed by atoms with Gasteiger partial charge in [-0.05, 0) is 18.4 Å². The highest BCUT2D eigenvalue weighted by molar-refractivity contribution is 5.87. The quantitative estimate of drug-likeness (QED) is 0.647. The molecule has 1 aliphatic carbocycles. The maximum atomic E-state index is 11.5. The molecule has 0 atom stereocenters. The molecule has 0 saturated heterocycles. The molecule has 0 fully saturated rings. The first kappa shape index (κ1) is 9.39. The number of amides is 1. The van der Waals surface area contributed by atoms with Crippen LogP contribution in [0.5, 0.6) is 0 Å². The molecule has 1 aliphatic heterocycles. The maximum Gasteiger partial charge on any atom is 0.228 e. The van der Waals surface area contributed by atoms with Crippen LogP contribution in [0.1, 0.15) is 18.4 Å². The minimum absolute atomic E-state index is 0.0548. The number of aldehydes is 1. The lowest BCUT2D eigenvalue weighted by molar-refractivity contribution is -0.119. The van der Waals surface area contributed by atoms with Crippen molar-refractivity contribution in [1.29, 1.82) is 0 Å². The predicted octanol–water partition coefficient (Wildman–Crippen LogP) is -0.958. The molecule has 0 saturated carbocycles. The van der Waals surface area contributed by atoms with Crippen LogP contribution >= 0.6 is 0 Å². The Morgan fingerprint density at radius 1 is 1.50 bits per heavy atom. The van der Waals surface area contributed by atoms with Crippen molar-refractivity contribution in [2.24, 2.45) is 0 Å². The van der Waals surface area contributed by atoms with Crippen molar-refractivity contribution in [1.82, 2.24) is 9.88 Å². The van der Waals surface area contributed by atoms with Gasteiger partial charge in [-0.25, -0.2) is 0 Å². The van der Waals surface area contributed by atoms with E-state index in [1.165, 1.54) is 0 Å². The molecule has 2 aliphatic rings. The second-order valence-electron chi connectivity index (χ2n) is 4.18. The number of aromatic nitrogens is 1. The summed E-state index contributed by atoms with van der Waals surface area (Å²) in [5, 5.41) is 5.16. The Morgan fingerprint density at radius 3 is 3.19 bits per heavy atom. The number of carbonyl (C=O) groups excluding carboxylic acids is 2. The number of hydrogen-bond acceptors (Lipinski definition) is 2. The zero-order valence-electron chi connectivity index (χ0n) is 8.82. The normalized spacial score (nSPS) is 17.5. The first-order valence-corrected chi connectivity index (χ1v) is 5.44. The molecule has 1 N–H and O–H groups in total. The van der Waals surface area contributed by atoms with Crippen molar-refractivity contribution in [3.05, 3.63) is 22.3 Å². The second-order valence-corrected chi connectivity index (χ2v) is 4.18. The van der Waals surface area contributed by atoms with Gasteiger partial charge < -0.3 is 14.7 Å². The molecule has 0 spiro atoms. The van der Waals surface area contributed by atoms with E-state index in [9.17, 15) is 9.59 Å². The van der Waals surface area contributed by atoms with E-state index in [0.29, 0.717) is 13.0 Å². The summed E-state index contributed by atoms with van der Waals surface area (Å²) in [4.78, 5) is 22.1. The van der Waals surface area contributed by atoms with Crippen LogP contribution in [0, 0.1) is 0 Å². The third-order valence-electron chi connectivity index (χ3n) is 3.14. The number of nitrogens with one attached hydrogen (secondary N) is 1. The van der Waals surface area contributed by atoms with Gasteiger partial charge in [0.15, 0.2) is 0 Å². The van der Waals surface area contributed by atoms with Gasteiger partial charge in [-0.3, -0.25) is 4.79 Å². The molecule has 3 rings (SSSR count). The van der Waals surface area contributed by atoms with E-state index in [1.54, 1.807) is 0 Å². The summed E-state index contributed by atoms with van der Waals surface area (Å²) in [5.41, 5.74) is 2.07. The van der Waals surface area contributed by atoms with Gasteiger partial charge in [-0.2, -0.15) is 0 Å². The Hall–Kier alpha value is -1.84. The van der Waals surface area contributed by atoms with E-state index in [0.717, 1.165) is 41.0 Å². The Bertz CT molecular complexity index is 595. The summed E-state index contributed by atoms with van der Waals surface area (Å²) in [7, 11) is 0. The number of rotatable bonds is 2. The van der Waals surface area contributed by atoms with Crippen molar-refractivity contribution in [2.75, 3.05) is 0 Å². The van der Waals surface area contributed by atoms with E-state index in [4.69, 9.17) is 0 Å². The highest BCUT2D eigenvalue weighted by Crippen LogP contribution is 2.11. The van der Waals surface area contributed by atoms with E-state index < -0.39 is 0 Å². The fraction of sp³-hybridized carbons (Fsp3) is 0.333. The van der Waals surface area contributed by atoms with Crippen LogP contribution in [0.4, 0.5) is 0 Å². The first-order chi connectivity index (χ1) is 7.79. The van der Waals surface area contributed by atoms with Gasteiger partial charge in [0, 0.05) is 22.5 Å². The van der Waals surface area contributed by atoms with Crippen molar-refractivity contribution in [2.45, 2.75) is 25.8 Å². The average Bonchev–Trinajstić information content (AvgIpc) is 2.59. The molecule has 82 valence electrons. The summed E-state index contributed by atoms with van der Waals surface area (Å²) in [6.45, 7) is 0.361. The summed E-state index contributed by atoms with van der Waals surface area (Å²) < 4.78 is 1.93. The fourth-order valence-electron chi connectivity index (χ4n) is 2.55. The molecular formula is C12H12N2O2. The van der Waals surface area contributed by atoms with Gasteiger partial charge in [-0.1, -0.05) is 6.08 Å². The second kappa shape index (κ2) is 3.33. The lowest BCUT2D eigenvalue weighted by Crippen LogP contribution is -2.43.